The molecule has 0 radical (unpaired) electrons. The van der Waals surface area contributed by atoms with E-state index in [1.807, 2.05) is 212 Å². The summed E-state index contributed by atoms with van der Waals surface area (Å²) in [5.74, 6) is -0.259. The predicted molar refractivity (Wildman–Crippen MR) is 367 cm³/mol. The van der Waals surface area contributed by atoms with Gasteiger partial charge in [0, 0.05) is 0 Å². The van der Waals surface area contributed by atoms with Crippen LogP contribution < -0.4 is 11.1 Å². The van der Waals surface area contributed by atoms with Gasteiger partial charge in [-0.1, -0.05) is 283 Å². The zero-order chi connectivity index (χ0) is 66.0. The summed E-state index contributed by atoms with van der Waals surface area (Å²) in [4.78, 5) is 14.9. The fraction of sp³-hybridized carbons (Fsp3) is 0.423. The molecule has 0 aliphatic carbocycles. The molecule has 2 aliphatic heterocycles. The van der Waals surface area contributed by atoms with Gasteiger partial charge in [-0.15, -0.1) is 6.58 Å². The van der Waals surface area contributed by atoms with Gasteiger partial charge in [-0.25, -0.2) is 4.57 Å². The highest BCUT2D eigenvalue weighted by molar-refractivity contribution is 7.48. The molecule has 17 heteroatoms. The van der Waals surface area contributed by atoms with Gasteiger partial charge in [0.1, 0.15) is 42.7 Å². The van der Waals surface area contributed by atoms with Crippen molar-refractivity contribution in [2.24, 2.45) is 5.73 Å². The third kappa shape index (κ3) is 24.8. The SMILES string of the molecule is C=CCO[C@H]1O[C@H](CO[C@@H]2O[C@H](COCc3ccccc3)[C@@H](OP(=O)(OCc3ccccc3)OCc3ccccc3)[C@H](OCc3ccccc3)[C@@H]2N)[C@@H](OCc2ccccc2)[C@H](OCc2ccccc2)[C@@H]1NC(=O)C[C@@H](CCCCCCCCCCC)OCc1ccccc1. The average Bonchev–Trinajstić information content (AvgIpc) is 0.795. The van der Waals surface area contributed by atoms with Crippen LogP contribution in [-0.2, 0) is 112 Å². The molecule has 7 aromatic rings. The lowest BCUT2D eigenvalue weighted by Gasteiger charge is -2.48. The fourth-order valence-corrected chi connectivity index (χ4v) is 13.0. The number of unbranched alkanes of at least 4 members (excludes halogenated alkanes) is 8. The Morgan fingerprint density at radius 3 is 1.38 bits per heavy atom. The van der Waals surface area contributed by atoms with Gasteiger partial charge in [0.25, 0.3) is 0 Å². The quantitative estimate of drug-likeness (QED) is 0.0209. The molecule has 11 atom stereocenters. The van der Waals surface area contributed by atoms with Gasteiger partial charge in [-0.2, -0.15) is 0 Å². The highest BCUT2D eigenvalue weighted by Crippen LogP contribution is 2.54. The zero-order valence-electron chi connectivity index (χ0n) is 54.9. The molecule has 16 nitrogen and oxygen atoms in total. The van der Waals surface area contributed by atoms with Gasteiger partial charge in [0.05, 0.1) is 84.6 Å². The fourth-order valence-electron chi connectivity index (χ4n) is 11.7. The molecule has 0 unspecified atom stereocenters. The van der Waals surface area contributed by atoms with Gasteiger partial charge in [-0.3, -0.25) is 18.4 Å². The van der Waals surface area contributed by atoms with Gasteiger partial charge in [0.2, 0.25) is 5.91 Å². The van der Waals surface area contributed by atoms with Crippen LogP contribution in [0.5, 0.6) is 0 Å². The number of phosphoric ester groups is 1. The predicted octanol–water partition coefficient (Wildman–Crippen LogP) is 15.3. The van der Waals surface area contributed by atoms with Crippen molar-refractivity contribution in [3.8, 4) is 0 Å². The van der Waals surface area contributed by atoms with Crippen molar-refractivity contribution in [1.29, 1.82) is 0 Å². The summed E-state index contributed by atoms with van der Waals surface area (Å²) in [6.45, 7) is 6.77. The summed E-state index contributed by atoms with van der Waals surface area (Å²) < 4.78 is 96.2. The van der Waals surface area contributed by atoms with Crippen molar-refractivity contribution in [3.05, 3.63) is 264 Å². The van der Waals surface area contributed by atoms with Crippen molar-refractivity contribution in [1.82, 2.24) is 5.32 Å². The Labute approximate surface area is 562 Å². The molecule has 95 heavy (non-hydrogen) atoms. The number of hydrogen-bond acceptors (Lipinski definition) is 15. The first-order valence-electron chi connectivity index (χ1n) is 33.8. The second-order valence-electron chi connectivity index (χ2n) is 24.3. The first-order valence-corrected chi connectivity index (χ1v) is 35.3. The zero-order valence-corrected chi connectivity index (χ0v) is 55.8. The Morgan fingerprint density at radius 1 is 0.484 bits per heavy atom. The minimum Gasteiger partial charge on any atom is -0.374 e. The van der Waals surface area contributed by atoms with Crippen molar-refractivity contribution in [3.63, 3.8) is 0 Å². The van der Waals surface area contributed by atoms with E-state index in [-0.39, 0.29) is 77.9 Å². The Hall–Kier alpha value is -6.54. The van der Waals surface area contributed by atoms with Crippen LogP contribution in [-0.4, -0.2) is 93.1 Å². The Kier molecular flexibility index (Phi) is 31.3. The topological polar surface area (TPSA) is 183 Å². The molecular weight excluding hydrogens is 1220 g/mol. The summed E-state index contributed by atoms with van der Waals surface area (Å²) in [5.41, 5.74) is 13.5. The first-order chi connectivity index (χ1) is 46.7. The van der Waals surface area contributed by atoms with E-state index in [0.29, 0.717) is 13.0 Å². The van der Waals surface area contributed by atoms with Crippen LogP contribution in [0.2, 0.25) is 0 Å². The molecule has 7 aromatic carbocycles. The second-order valence-corrected chi connectivity index (χ2v) is 25.9. The second kappa shape index (κ2) is 40.9. The van der Waals surface area contributed by atoms with Crippen LogP contribution in [0.3, 0.4) is 0 Å². The molecule has 0 aromatic heterocycles. The third-order valence-electron chi connectivity index (χ3n) is 16.8. The van der Waals surface area contributed by atoms with Crippen molar-refractivity contribution in [2.45, 2.75) is 191 Å². The number of carbonyl (C=O) groups is 1. The standard InChI is InChI=1S/C78H97N2O14P/c1-3-5-6-7-8-9-10-11-33-48-67(85-52-61-36-21-13-22-37-61)50-70(81)80-72-76(88-55-64-42-27-16-28-43-64)73(86-53-62-38-23-14-24-39-62)69(93-78(72)84-49-4-2)59-89-77-71(79)75(87-54-63-40-25-15-26-41-63)74(68(92-77)58-83-51-60-34-19-12-20-35-60)94-95(82,90-56-65-44-29-17-30-45-65)91-57-66-46-31-18-32-47-66/h4,12-32,34-47,67-69,71-78H,2-3,5-11,33,48-59,79H2,1H3,(H,80,81)/t67-,68-,69-,71+,72+,73-,74-,75-,76-,77-,78+/m1/s1. The molecule has 2 saturated heterocycles. The molecule has 2 aliphatic rings. The largest absolute Gasteiger partial charge is 0.475 e. The maximum Gasteiger partial charge on any atom is 0.475 e. The van der Waals surface area contributed by atoms with Crippen LogP contribution in [0.1, 0.15) is 116 Å². The van der Waals surface area contributed by atoms with E-state index in [0.717, 1.165) is 58.2 Å². The lowest BCUT2D eigenvalue weighted by molar-refractivity contribution is -0.312. The Morgan fingerprint density at radius 2 is 0.895 bits per heavy atom. The summed E-state index contributed by atoms with van der Waals surface area (Å²) >= 11 is 0. The monoisotopic (exact) mass is 1320 g/mol. The van der Waals surface area contributed by atoms with E-state index in [4.69, 9.17) is 61.9 Å². The lowest BCUT2D eigenvalue weighted by Crippen LogP contribution is -2.67. The van der Waals surface area contributed by atoms with Crippen LogP contribution in [0.25, 0.3) is 0 Å². The van der Waals surface area contributed by atoms with Gasteiger partial charge in [0.15, 0.2) is 12.6 Å². The van der Waals surface area contributed by atoms with Gasteiger partial charge in [-0.05, 0) is 45.4 Å². The molecule has 2 heterocycles. The average molecular weight is 1320 g/mol. The number of benzene rings is 7. The van der Waals surface area contributed by atoms with Crippen molar-refractivity contribution >= 4 is 13.7 Å². The highest BCUT2D eigenvalue weighted by atomic mass is 31.2. The van der Waals surface area contributed by atoms with E-state index in [9.17, 15) is 4.79 Å². The minimum absolute atomic E-state index is 0.0735. The van der Waals surface area contributed by atoms with Crippen molar-refractivity contribution < 1.29 is 65.6 Å². The van der Waals surface area contributed by atoms with E-state index >= 15 is 4.57 Å². The smallest absolute Gasteiger partial charge is 0.374 e. The number of rotatable bonds is 43. The summed E-state index contributed by atoms with van der Waals surface area (Å²) in [6.07, 6.45) is 4.20. The number of carbonyl (C=O) groups excluding carboxylic acids is 1. The molecular formula is C78H97N2O14P. The molecule has 3 N–H and O–H groups in total. The first kappa shape index (κ1) is 72.7. The normalized spacial score (nSPS) is 21.6. The number of phosphoric acid groups is 1. The summed E-state index contributed by atoms with van der Waals surface area (Å²) in [6, 6.07) is 65.7. The molecule has 0 saturated carbocycles. The lowest BCUT2D eigenvalue weighted by atomic mass is 9.95. The third-order valence-corrected chi connectivity index (χ3v) is 18.2. The van der Waals surface area contributed by atoms with Gasteiger partial charge >= 0.3 is 7.82 Å². The summed E-state index contributed by atoms with van der Waals surface area (Å²) in [7, 11) is -4.53. The van der Waals surface area contributed by atoms with Crippen LogP contribution in [0, 0.1) is 0 Å². The van der Waals surface area contributed by atoms with Crippen molar-refractivity contribution in [2.75, 3.05) is 19.8 Å². The number of hydrogen-bond donors (Lipinski definition) is 2. The maximum absolute atomic E-state index is 15.4. The number of amides is 1. The number of nitrogens with one attached hydrogen (secondary N) is 1. The van der Waals surface area contributed by atoms with Crippen LogP contribution in [0.4, 0.5) is 0 Å². The Bertz CT molecular complexity index is 3190. The van der Waals surface area contributed by atoms with E-state index in [1.54, 1.807) is 6.08 Å². The molecule has 0 spiro atoms. The Balaban J connectivity index is 1.01. The number of ether oxygens (including phenoxy) is 9. The van der Waals surface area contributed by atoms with Crippen LogP contribution in [0.15, 0.2) is 225 Å². The molecule has 508 valence electrons. The molecule has 2 fully saturated rings. The molecule has 9 rings (SSSR count). The van der Waals surface area contributed by atoms with E-state index in [1.165, 1.54) is 38.5 Å². The summed E-state index contributed by atoms with van der Waals surface area (Å²) in [5, 5.41) is 3.34. The highest BCUT2D eigenvalue weighted by Gasteiger charge is 2.53. The molecule has 1 amide bonds. The van der Waals surface area contributed by atoms with Gasteiger partial charge < -0.3 is 53.7 Å². The number of nitrogens with two attached hydrogens (primary N) is 1. The van der Waals surface area contributed by atoms with E-state index < -0.39 is 69.1 Å². The molecule has 0 bridgehead atoms. The minimum atomic E-state index is -4.53. The van der Waals surface area contributed by atoms with E-state index in [2.05, 4.69) is 18.8 Å². The van der Waals surface area contributed by atoms with Crippen LogP contribution >= 0.6 is 7.82 Å². The maximum atomic E-state index is 15.4.